The van der Waals surface area contributed by atoms with Crippen LogP contribution in [0.3, 0.4) is 0 Å². The standard InChI is InChI=1S/C13H20BN2O19P5/c17-13-10-7-11(9-12(8-10)16(18)19)14-30-37(22,23)34-40(28,31-14)35-39(26,27)33-38(24,25)32-36(20,21)29-6-4-2-1-3-5-15-13/h7-9H,1-6H2,(H,15,17)(H,20,21)(H,22,23)(H,24,25)(H,26,27). The molecule has 5 atom stereocenters. The van der Waals surface area contributed by atoms with Gasteiger partial charge in [0.2, 0.25) is 0 Å². The van der Waals surface area contributed by atoms with E-state index in [1.807, 2.05) is 0 Å². The fraction of sp³-hybridized carbons (Fsp3) is 0.462. The van der Waals surface area contributed by atoms with Crippen LogP contribution in [0.1, 0.15) is 36.0 Å². The minimum absolute atomic E-state index is 0.0648. The molecule has 2 aliphatic heterocycles. The summed E-state index contributed by atoms with van der Waals surface area (Å²) in [5.74, 6) is -0.844. The first-order valence-electron chi connectivity index (χ1n) is 10.6. The number of phosphoric ester groups is 1. The normalized spacial score (nSPS) is 37.1. The Labute approximate surface area is 224 Å². The van der Waals surface area contributed by atoms with E-state index in [9.17, 15) is 57.3 Å². The van der Waals surface area contributed by atoms with Crippen LogP contribution in [-0.4, -0.2) is 50.7 Å². The number of carbonyl (C=O) groups is 1. The molecule has 5 unspecified atom stereocenters. The fourth-order valence-corrected chi connectivity index (χ4v) is 10.2. The van der Waals surface area contributed by atoms with Gasteiger partial charge >= 0.3 is 46.2 Å². The highest BCUT2D eigenvalue weighted by Crippen LogP contribution is 2.76. The minimum atomic E-state index is -6.19. The van der Waals surface area contributed by atoms with Crippen molar-refractivity contribution in [2.24, 2.45) is 0 Å². The van der Waals surface area contributed by atoms with Crippen molar-refractivity contribution < 1.29 is 82.8 Å². The summed E-state index contributed by atoms with van der Waals surface area (Å²) >= 11 is 0. The van der Waals surface area contributed by atoms with Gasteiger partial charge in [0.25, 0.3) is 11.6 Å². The number of nitro benzene ring substituents is 1. The summed E-state index contributed by atoms with van der Waals surface area (Å²) in [7, 11) is -31.3. The van der Waals surface area contributed by atoms with E-state index in [1.54, 1.807) is 0 Å². The van der Waals surface area contributed by atoms with Gasteiger partial charge in [0.05, 0.1) is 11.5 Å². The molecule has 1 saturated heterocycles. The van der Waals surface area contributed by atoms with E-state index >= 15 is 0 Å². The van der Waals surface area contributed by atoms with Crippen molar-refractivity contribution in [3.63, 3.8) is 0 Å². The van der Waals surface area contributed by atoms with Crippen molar-refractivity contribution in [1.82, 2.24) is 5.32 Å². The summed E-state index contributed by atoms with van der Waals surface area (Å²) in [4.78, 5) is 61.9. The Kier molecular flexibility index (Phi) is 10.5. The molecule has 5 N–H and O–H groups in total. The van der Waals surface area contributed by atoms with Gasteiger partial charge in [0, 0.05) is 24.2 Å². The maximum absolute atomic E-state index is 12.9. The lowest BCUT2D eigenvalue weighted by atomic mass is 9.79. The van der Waals surface area contributed by atoms with Crippen molar-refractivity contribution >= 4 is 63.3 Å². The lowest BCUT2D eigenvalue weighted by Crippen LogP contribution is -2.39. The third-order valence-corrected chi connectivity index (χ3v) is 12.5. The molecule has 224 valence electrons. The van der Waals surface area contributed by atoms with Gasteiger partial charge < -0.3 is 33.8 Å². The number of nitrogens with zero attached hydrogens (tertiary/aromatic N) is 1. The zero-order valence-electron chi connectivity index (χ0n) is 19.6. The number of benzene rings is 1. The Bertz CT molecular complexity index is 1400. The van der Waals surface area contributed by atoms with Gasteiger partial charge in [-0.3, -0.25) is 19.4 Å². The van der Waals surface area contributed by atoms with Gasteiger partial charge in [0.15, 0.2) is 0 Å². The Morgan fingerprint density at radius 3 is 2.08 bits per heavy atom. The van der Waals surface area contributed by atoms with Crippen LogP contribution in [0, 0.1) is 10.1 Å². The SMILES string of the molecule is O=C1NCCCCCCOP(=O)(O)OP(=O)(O)OP(=O)(O)OP2(=O)OB(OP(=O)(O)O2)c2cc1cc([N+](=O)[O-])c2. The maximum Gasteiger partial charge on any atom is 0.511 e. The minimum Gasteiger partial charge on any atom is -0.352 e. The molecule has 2 aliphatic rings. The average Bonchev–Trinajstić information content (AvgIpc) is 2.75. The lowest BCUT2D eigenvalue weighted by molar-refractivity contribution is -0.384. The van der Waals surface area contributed by atoms with Crippen LogP contribution >= 0.6 is 39.1 Å². The van der Waals surface area contributed by atoms with E-state index in [-0.39, 0.29) is 18.5 Å². The number of carbonyl (C=O) groups excluding carboxylic acids is 1. The van der Waals surface area contributed by atoms with E-state index in [4.69, 9.17) is 4.44 Å². The molecule has 27 heteroatoms. The summed E-state index contributed by atoms with van der Waals surface area (Å²) in [6.45, 7) is -0.427. The number of rotatable bonds is 1. The molecule has 1 aromatic carbocycles. The van der Waals surface area contributed by atoms with Gasteiger partial charge in [-0.25, -0.2) is 22.8 Å². The molecule has 0 spiro atoms. The second-order valence-corrected chi connectivity index (χ2v) is 15.7. The first-order valence-corrected chi connectivity index (χ1v) is 18.1. The van der Waals surface area contributed by atoms with E-state index in [0.717, 1.165) is 12.1 Å². The third-order valence-electron chi connectivity index (χ3n) is 4.57. The van der Waals surface area contributed by atoms with Crippen molar-refractivity contribution in [3.05, 3.63) is 33.9 Å². The largest absolute Gasteiger partial charge is 0.511 e. The van der Waals surface area contributed by atoms with Crippen LogP contribution in [0.25, 0.3) is 0 Å². The lowest BCUT2D eigenvalue weighted by Gasteiger charge is -2.29. The Morgan fingerprint density at radius 2 is 1.40 bits per heavy atom. The molecule has 0 radical (unpaired) electrons. The number of nitrogens with one attached hydrogen (secondary N) is 1. The molecule has 21 nitrogen and oxygen atoms in total. The smallest absolute Gasteiger partial charge is 0.352 e. The number of amides is 1. The predicted octanol–water partition coefficient (Wildman–Crippen LogP) is 2.23. The second kappa shape index (κ2) is 12.6. The van der Waals surface area contributed by atoms with Gasteiger partial charge in [0.1, 0.15) is 0 Å². The highest BCUT2D eigenvalue weighted by atomic mass is 31.3. The van der Waals surface area contributed by atoms with E-state index in [0.29, 0.717) is 25.3 Å². The quantitative estimate of drug-likeness (QED) is 0.123. The van der Waals surface area contributed by atoms with Crippen LogP contribution in [0.2, 0.25) is 0 Å². The maximum atomic E-state index is 12.9. The van der Waals surface area contributed by atoms with Gasteiger partial charge in [-0.05, 0) is 24.4 Å². The number of non-ortho nitro benzene ring substituents is 1. The predicted molar refractivity (Wildman–Crippen MR) is 129 cm³/mol. The molecule has 1 fully saturated rings. The Morgan fingerprint density at radius 1 is 0.800 bits per heavy atom. The molecular weight excluding hydrogens is 654 g/mol. The van der Waals surface area contributed by atoms with Crippen LogP contribution in [-0.2, 0) is 53.5 Å². The van der Waals surface area contributed by atoms with Crippen molar-refractivity contribution in [3.8, 4) is 0 Å². The molecule has 40 heavy (non-hydrogen) atoms. The monoisotopic (exact) mass is 674 g/mol. The molecule has 0 saturated carbocycles. The second-order valence-electron chi connectivity index (χ2n) is 7.76. The number of hydrogen-bond acceptors (Lipinski definition) is 15. The molecule has 3 rings (SSSR count). The van der Waals surface area contributed by atoms with E-state index < -0.39 is 74.8 Å². The molecule has 1 amide bonds. The van der Waals surface area contributed by atoms with E-state index in [2.05, 4.69) is 31.5 Å². The summed E-state index contributed by atoms with van der Waals surface area (Å²) in [6, 6.07) is 2.39. The zero-order chi connectivity index (χ0) is 30.0. The summed E-state index contributed by atoms with van der Waals surface area (Å²) in [6.07, 6.45) is 1.30. The van der Waals surface area contributed by atoms with Gasteiger partial charge in [-0.15, -0.1) is 0 Å². The first-order chi connectivity index (χ1) is 18.3. The van der Waals surface area contributed by atoms with Crippen LogP contribution in [0.15, 0.2) is 18.2 Å². The Balaban J connectivity index is 2.01. The highest BCUT2D eigenvalue weighted by Gasteiger charge is 2.56. The molecule has 1 aromatic rings. The molecule has 0 aromatic heterocycles. The van der Waals surface area contributed by atoms with Crippen molar-refractivity contribution in [2.75, 3.05) is 13.2 Å². The first kappa shape index (κ1) is 33.4. The fourth-order valence-electron chi connectivity index (χ4n) is 3.09. The van der Waals surface area contributed by atoms with Gasteiger partial charge in [-0.2, -0.15) is 17.2 Å². The average molecular weight is 674 g/mol. The number of nitro groups is 1. The van der Waals surface area contributed by atoms with E-state index in [1.165, 1.54) is 0 Å². The summed E-state index contributed by atoms with van der Waals surface area (Å²) < 4.78 is 90.9. The van der Waals surface area contributed by atoms with Crippen LogP contribution in [0.4, 0.5) is 5.69 Å². The zero-order valence-corrected chi connectivity index (χ0v) is 24.1. The summed E-state index contributed by atoms with van der Waals surface area (Å²) in [5, 5.41) is 13.9. The molecular formula is C13H20BN2O19P5. The number of phosphoric acid groups is 5. The van der Waals surface area contributed by atoms with Crippen molar-refractivity contribution in [2.45, 2.75) is 25.7 Å². The molecule has 4 bridgehead atoms. The third kappa shape index (κ3) is 10.00. The summed E-state index contributed by atoms with van der Waals surface area (Å²) in [5.41, 5.74) is -1.72. The van der Waals surface area contributed by atoms with Crippen molar-refractivity contribution in [1.29, 1.82) is 0 Å². The van der Waals surface area contributed by atoms with Crippen LogP contribution in [0.5, 0.6) is 0 Å². The number of hydrogen-bond donors (Lipinski definition) is 5. The topological polar surface area (TPSA) is 303 Å². The van der Waals surface area contributed by atoms with Crippen LogP contribution < -0.4 is 10.8 Å². The Hall–Kier alpha value is -1.14. The highest BCUT2D eigenvalue weighted by molar-refractivity contribution is 7.72. The van der Waals surface area contributed by atoms with Gasteiger partial charge in [-0.1, -0.05) is 12.8 Å². The number of fused-ring (bicyclic) bond motifs is 5. The molecule has 2 heterocycles. The molecule has 0 aliphatic carbocycles.